The molecule has 0 spiro atoms. The van der Waals surface area contributed by atoms with Crippen LogP contribution < -0.4 is 0 Å². The highest BCUT2D eigenvalue weighted by molar-refractivity contribution is 7.92. The van der Waals surface area contributed by atoms with Crippen molar-refractivity contribution >= 4 is 15.7 Å². The lowest BCUT2D eigenvalue weighted by Crippen LogP contribution is -2.39. The van der Waals surface area contributed by atoms with Crippen LogP contribution in [0.5, 0.6) is 0 Å². The molecule has 1 amide bonds. The van der Waals surface area contributed by atoms with Gasteiger partial charge in [-0.05, 0) is 73.6 Å². The van der Waals surface area contributed by atoms with E-state index in [0.717, 1.165) is 12.8 Å². The molecule has 4 rings (SSSR count). The van der Waals surface area contributed by atoms with Crippen LogP contribution in [0.1, 0.15) is 60.6 Å². The molecule has 1 aliphatic heterocycles. The van der Waals surface area contributed by atoms with Gasteiger partial charge in [-0.25, -0.2) is 12.8 Å². The summed E-state index contributed by atoms with van der Waals surface area (Å²) in [6, 6.07) is 12.2. The first-order valence-corrected chi connectivity index (χ1v) is 12.5. The number of aliphatic hydroxyl groups is 1. The summed E-state index contributed by atoms with van der Waals surface area (Å²) < 4.78 is 38.5. The SMILES string of the molecule is O=C(c1ccc(S(=O)(=O)C2CCCC2)cc1)N1CCC([C@@H](O)c2ccc(F)cc2)CC1. The number of carbonyl (C=O) groups excluding carboxylic acids is 1. The second-order valence-electron chi connectivity index (χ2n) is 8.60. The van der Waals surface area contributed by atoms with Crippen molar-refractivity contribution < 1.29 is 22.7 Å². The van der Waals surface area contributed by atoms with Gasteiger partial charge in [0.25, 0.3) is 5.91 Å². The number of hydrogen-bond donors (Lipinski definition) is 1. The first kappa shape index (κ1) is 22.0. The molecule has 166 valence electrons. The number of sulfone groups is 1. The number of amides is 1. The van der Waals surface area contributed by atoms with E-state index in [4.69, 9.17) is 0 Å². The van der Waals surface area contributed by atoms with E-state index >= 15 is 0 Å². The molecule has 0 aromatic heterocycles. The molecule has 0 unspecified atom stereocenters. The number of halogens is 1. The molecule has 1 N–H and O–H groups in total. The van der Waals surface area contributed by atoms with Crippen LogP contribution in [0.15, 0.2) is 53.4 Å². The summed E-state index contributed by atoms with van der Waals surface area (Å²) in [6.45, 7) is 1.04. The number of aliphatic hydroxyl groups excluding tert-OH is 1. The Morgan fingerprint density at radius 2 is 1.52 bits per heavy atom. The van der Waals surface area contributed by atoms with E-state index < -0.39 is 15.9 Å². The number of likely N-dealkylation sites (tertiary alicyclic amines) is 1. The van der Waals surface area contributed by atoms with Crippen LogP contribution in [0, 0.1) is 11.7 Å². The van der Waals surface area contributed by atoms with Crippen molar-refractivity contribution in [3.63, 3.8) is 0 Å². The van der Waals surface area contributed by atoms with Crippen molar-refractivity contribution in [2.45, 2.75) is 54.8 Å². The maximum Gasteiger partial charge on any atom is 0.253 e. The van der Waals surface area contributed by atoms with Gasteiger partial charge < -0.3 is 10.0 Å². The summed E-state index contributed by atoms with van der Waals surface area (Å²) in [6.07, 6.45) is 3.94. The summed E-state index contributed by atoms with van der Waals surface area (Å²) in [4.78, 5) is 14.9. The molecule has 1 aliphatic carbocycles. The maximum absolute atomic E-state index is 13.1. The zero-order valence-electron chi connectivity index (χ0n) is 17.4. The first-order valence-electron chi connectivity index (χ1n) is 10.9. The topological polar surface area (TPSA) is 74.7 Å². The van der Waals surface area contributed by atoms with Crippen LogP contribution in [0.4, 0.5) is 4.39 Å². The number of piperidine rings is 1. The molecule has 5 nitrogen and oxygen atoms in total. The minimum Gasteiger partial charge on any atom is -0.388 e. The van der Waals surface area contributed by atoms with Crippen molar-refractivity contribution in [3.8, 4) is 0 Å². The maximum atomic E-state index is 13.1. The van der Waals surface area contributed by atoms with Crippen LogP contribution >= 0.6 is 0 Å². The highest BCUT2D eigenvalue weighted by Gasteiger charge is 2.31. The third kappa shape index (κ3) is 4.67. The second kappa shape index (κ2) is 9.09. The molecule has 7 heteroatoms. The predicted molar refractivity (Wildman–Crippen MR) is 116 cm³/mol. The van der Waals surface area contributed by atoms with Gasteiger partial charge in [0.05, 0.1) is 16.2 Å². The lowest BCUT2D eigenvalue weighted by Gasteiger charge is -2.34. The number of nitrogens with zero attached hydrogens (tertiary/aromatic N) is 1. The third-order valence-corrected chi connectivity index (χ3v) is 8.93. The minimum absolute atomic E-state index is 0.00782. The van der Waals surface area contributed by atoms with E-state index in [2.05, 4.69) is 0 Å². The molecule has 2 aromatic rings. The zero-order chi connectivity index (χ0) is 22.0. The monoisotopic (exact) mass is 445 g/mol. The first-order chi connectivity index (χ1) is 14.9. The van der Waals surface area contributed by atoms with Crippen LogP contribution in [-0.4, -0.2) is 42.7 Å². The Morgan fingerprint density at radius 3 is 2.10 bits per heavy atom. The number of rotatable bonds is 5. The molecule has 2 aromatic carbocycles. The predicted octanol–water partition coefficient (Wildman–Crippen LogP) is 4.13. The lowest BCUT2D eigenvalue weighted by atomic mass is 9.87. The summed E-state index contributed by atoms with van der Waals surface area (Å²) in [5.74, 6) is -0.452. The number of carbonyl (C=O) groups is 1. The second-order valence-corrected chi connectivity index (χ2v) is 10.8. The summed E-state index contributed by atoms with van der Waals surface area (Å²) >= 11 is 0. The molecular formula is C24H28FNO4S. The highest BCUT2D eigenvalue weighted by atomic mass is 32.2. The van der Waals surface area contributed by atoms with Crippen LogP contribution in [0.25, 0.3) is 0 Å². The van der Waals surface area contributed by atoms with Gasteiger partial charge in [-0.15, -0.1) is 0 Å². The van der Waals surface area contributed by atoms with Crippen molar-refractivity contribution in [3.05, 3.63) is 65.5 Å². The fraction of sp³-hybridized carbons (Fsp3) is 0.458. The van der Waals surface area contributed by atoms with Crippen molar-refractivity contribution in [2.24, 2.45) is 5.92 Å². The lowest BCUT2D eigenvalue weighted by molar-refractivity contribution is 0.0462. The van der Waals surface area contributed by atoms with Crippen molar-refractivity contribution in [2.75, 3.05) is 13.1 Å². The molecule has 1 heterocycles. The van der Waals surface area contributed by atoms with Gasteiger partial charge in [-0.2, -0.15) is 0 Å². The summed E-state index contributed by atoms with van der Waals surface area (Å²) in [5.41, 5.74) is 1.16. The van der Waals surface area contributed by atoms with Gasteiger partial charge in [-0.1, -0.05) is 25.0 Å². The van der Waals surface area contributed by atoms with Crippen molar-refractivity contribution in [1.82, 2.24) is 4.90 Å². The molecule has 1 saturated heterocycles. The molecule has 0 bridgehead atoms. The Labute approximate surface area is 182 Å². The van der Waals surface area contributed by atoms with Gasteiger partial charge in [0.15, 0.2) is 9.84 Å². The summed E-state index contributed by atoms with van der Waals surface area (Å²) in [5, 5.41) is 10.3. The fourth-order valence-corrected chi connectivity index (χ4v) is 6.57. The average molecular weight is 446 g/mol. The van der Waals surface area contributed by atoms with Gasteiger partial charge in [0.1, 0.15) is 5.82 Å². The van der Waals surface area contributed by atoms with E-state index in [-0.39, 0.29) is 27.8 Å². The van der Waals surface area contributed by atoms with Gasteiger partial charge in [-0.3, -0.25) is 4.79 Å². The largest absolute Gasteiger partial charge is 0.388 e. The summed E-state index contributed by atoms with van der Waals surface area (Å²) in [7, 11) is -3.33. The normalized spacial score (nSPS) is 19.5. The molecule has 0 radical (unpaired) electrons. The molecular weight excluding hydrogens is 417 g/mol. The standard InChI is InChI=1S/C24H28FNO4S/c25-20-9-5-17(6-10-20)23(27)18-13-15-26(16-14-18)24(28)19-7-11-22(12-8-19)31(29,30)21-3-1-2-4-21/h5-12,18,21,23,27H,1-4,13-16H2/t23-/m0/s1. The van der Waals surface area contributed by atoms with Gasteiger partial charge in [0, 0.05) is 18.7 Å². The Morgan fingerprint density at radius 1 is 0.935 bits per heavy atom. The molecule has 31 heavy (non-hydrogen) atoms. The van der Waals surface area contributed by atoms with E-state index in [9.17, 15) is 22.7 Å². The third-order valence-electron chi connectivity index (χ3n) is 6.66. The Balaban J connectivity index is 1.37. The highest BCUT2D eigenvalue weighted by Crippen LogP contribution is 2.32. The molecule has 2 aliphatic rings. The zero-order valence-corrected chi connectivity index (χ0v) is 18.2. The fourth-order valence-electron chi connectivity index (χ4n) is 4.71. The van der Waals surface area contributed by atoms with E-state index in [1.165, 1.54) is 12.1 Å². The quantitative estimate of drug-likeness (QED) is 0.751. The Hall–Kier alpha value is -2.25. The number of benzene rings is 2. The van der Waals surface area contributed by atoms with Gasteiger partial charge >= 0.3 is 0 Å². The average Bonchev–Trinajstić information content (AvgIpc) is 3.35. The molecule has 1 saturated carbocycles. The number of hydrogen-bond acceptors (Lipinski definition) is 4. The molecule has 2 fully saturated rings. The smallest absolute Gasteiger partial charge is 0.253 e. The Kier molecular flexibility index (Phi) is 6.44. The van der Waals surface area contributed by atoms with Crippen LogP contribution in [0.2, 0.25) is 0 Å². The van der Waals surface area contributed by atoms with E-state index in [0.29, 0.717) is 49.9 Å². The minimum atomic E-state index is -3.33. The molecule has 1 atom stereocenters. The Bertz CT molecular complexity index is 1010. The van der Waals surface area contributed by atoms with E-state index in [1.54, 1.807) is 41.3 Å². The van der Waals surface area contributed by atoms with Gasteiger partial charge in [0.2, 0.25) is 0 Å². The van der Waals surface area contributed by atoms with E-state index in [1.807, 2.05) is 0 Å². The van der Waals surface area contributed by atoms with Crippen molar-refractivity contribution in [1.29, 1.82) is 0 Å². The van der Waals surface area contributed by atoms with Crippen LogP contribution in [-0.2, 0) is 9.84 Å². The van der Waals surface area contributed by atoms with Crippen LogP contribution in [0.3, 0.4) is 0 Å².